The summed E-state index contributed by atoms with van der Waals surface area (Å²) < 4.78 is 7.39. The molecular weight excluding hydrogens is 266 g/mol. The Balaban J connectivity index is 1.87. The van der Waals surface area contributed by atoms with Crippen LogP contribution in [0.15, 0.2) is 24.5 Å². The minimum atomic E-state index is -0.0971. The van der Waals surface area contributed by atoms with Crippen molar-refractivity contribution in [2.45, 2.75) is 26.3 Å². The molecule has 2 aromatic rings. The quantitative estimate of drug-likeness (QED) is 0.921. The molecule has 1 aromatic heterocycles. The summed E-state index contributed by atoms with van der Waals surface area (Å²) in [4.78, 5) is 12.3. The van der Waals surface area contributed by atoms with Gasteiger partial charge in [-0.15, -0.1) is 0 Å². The number of rotatable bonds is 2. The SMILES string of the molecule is Cc1cc(C)c2c(c1)C(NC(=O)c1cnn(C)c1)CCO2. The fourth-order valence-electron chi connectivity index (χ4n) is 2.81. The summed E-state index contributed by atoms with van der Waals surface area (Å²) in [7, 11) is 1.80. The standard InChI is InChI=1S/C16H19N3O2/c1-10-6-11(2)15-13(7-10)14(4-5-21-15)18-16(20)12-8-17-19(3)9-12/h6-9,14H,4-5H2,1-3H3,(H,18,20). The molecule has 0 saturated heterocycles. The van der Waals surface area contributed by atoms with E-state index in [1.807, 2.05) is 6.92 Å². The first-order chi connectivity index (χ1) is 10.0. The van der Waals surface area contributed by atoms with E-state index in [-0.39, 0.29) is 11.9 Å². The van der Waals surface area contributed by atoms with Crippen molar-refractivity contribution in [1.29, 1.82) is 0 Å². The second kappa shape index (κ2) is 5.24. The fraction of sp³-hybridized carbons (Fsp3) is 0.375. The van der Waals surface area contributed by atoms with Gasteiger partial charge in [-0.2, -0.15) is 5.10 Å². The van der Waals surface area contributed by atoms with E-state index in [0.717, 1.165) is 23.3 Å². The van der Waals surface area contributed by atoms with Crippen molar-refractivity contribution in [3.63, 3.8) is 0 Å². The molecular formula is C16H19N3O2. The lowest BCUT2D eigenvalue weighted by Gasteiger charge is -2.28. The Bertz CT molecular complexity index is 691. The van der Waals surface area contributed by atoms with Gasteiger partial charge in [0.05, 0.1) is 24.4 Å². The predicted octanol–water partition coefficient (Wildman–Crippen LogP) is 2.29. The first kappa shape index (κ1) is 13.7. The number of ether oxygens (including phenoxy) is 1. The molecule has 0 aliphatic carbocycles. The molecule has 3 rings (SSSR count). The molecule has 1 aliphatic heterocycles. The highest BCUT2D eigenvalue weighted by molar-refractivity contribution is 5.94. The van der Waals surface area contributed by atoms with Crippen LogP contribution in [0.3, 0.4) is 0 Å². The van der Waals surface area contributed by atoms with Gasteiger partial charge in [0.2, 0.25) is 0 Å². The van der Waals surface area contributed by atoms with Crippen LogP contribution in [-0.2, 0) is 7.05 Å². The second-order valence-electron chi connectivity index (χ2n) is 5.57. The fourth-order valence-corrected chi connectivity index (χ4v) is 2.81. The normalized spacial score (nSPS) is 17.0. The van der Waals surface area contributed by atoms with Crippen LogP contribution in [0.2, 0.25) is 0 Å². The van der Waals surface area contributed by atoms with Gasteiger partial charge in [-0.3, -0.25) is 9.48 Å². The summed E-state index contributed by atoms with van der Waals surface area (Å²) >= 11 is 0. The number of nitrogens with zero attached hydrogens (tertiary/aromatic N) is 2. The number of hydrogen-bond donors (Lipinski definition) is 1. The number of carbonyl (C=O) groups is 1. The lowest BCUT2D eigenvalue weighted by molar-refractivity contribution is 0.0924. The summed E-state index contributed by atoms with van der Waals surface area (Å²) in [6, 6.07) is 4.18. The van der Waals surface area contributed by atoms with E-state index in [1.165, 1.54) is 5.56 Å². The Morgan fingerprint density at radius 1 is 1.43 bits per heavy atom. The van der Waals surface area contributed by atoms with Gasteiger partial charge in [0.25, 0.3) is 5.91 Å². The summed E-state index contributed by atoms with van der Waals surface area (Å²) in [5.41, 5.74) is 3.94. The van der Waals surface area contributed by atoms with E-state index < -0.39 is 0 Å². The largest absolute Gasteiger partial charge is 0.493 e. The summed E-state index contributed by atoms with van der Waals surface area (Å²) in [6.45, 7) is 4.72. The zero-order chi connectivity index (χ0) is 15.0. The summed E-state index contributed by atoms with van der Waals surface area (Å²) in [6.07, 6.45) is 4.08. The van der Waals surface area contributed by atoms with Gasteiger partial charge in [-0.05, 0) is 19.4 Å². The van der Waals surface area contributed by atoms with Crippen molar-refractivity contribution in [3.05, 3.63) is 46.8 Å². The maximum absolute atomic E-state index is 12.3. The second-order valence-corrected chi connectivity index (χ2v) is 5.57. The molecule has 0 spiro atoms. The van der Waals surface area contributed by atoms with Crippen molar-refractivity contribution in [2.24, 2.45) is 7.05 Å². The van der Waals surface area contributed by atoms with E-state index in [4.69, 9.17) is 4.74 Å². The molecule has 0 bridgehead atoms. The van der Waals surface area contributed by atoms with Gasteiger partial charge in [0, 0.05) is 25.2 Å². The zero-order valence-electron chi connectivity index (χ0n) is 12.5. The van der Waals surface area contributed by atoms with Gasteiger partial charge in [0.15, 0.2) is 0 Å². The number of aryl methyl sites for hydroxylation is 3. The molecule has 2 heterocycles. The van der Waals surface area contributed by atoms with E-state index in [1.54, 1.807) is 24.1 Å². The molecule has 1 aromatic carbocycles. The van der Waals surface area contributed by atoms with Crippen molar-refractivity contribution < 1.29 is 9.53 Å². The van der Waals surface area contributed by atoms with Crippen LogP contribution < -0.4 is 10.1 Å². The monoisotopic (exact) mass is 285 g/mol. The molecule has 5 nitrogen and oxygen atoms in total. The molecule has 0 radical (unpaired) electrons. The Hall–Kier alpha value is -2.30. The number of aromatic nitrogens is 2. The Kier molecular flexibility index (Phi) is 3.41. The van der Waals surface area contributed by atoms with Gasteiger partial charge in [-0.25, -0.2) is 0 Å². The predicted molar refractivity (Wildman–Crippen MR) is 79.4 cm³/mol. The van der Waals surface area contributed by atoms with Crippen molar-refractivity contribution >= 4 is 5.91 Å². The minimum absolute atomic E-state index is 0.0138. The highest BCUT2D eigenvalue weighted by Gasteiger charge is 2.25. The lowest BCUT2D eigenvalue weighted by atomic mass is 9.95. The number of benzene rings is 1. The molecule has 1 N–H and O–H groups in total. The van der Waals surface area contributed by atoms with Crippen molar-refractivity contribution in [1.82, 2.24) is 15.1 Å². The van der Waals surface area contributed by atoms with Crippen LogP contribution in [0.4, 0.5) is 0 Å². The van der Waals surface area contributed by atoms with Gasteiger partial charge in [-0.1, -0.05) is 17.7 Å². The van der Waals surface area contributed by atoms with Gasteiger partial charge >= 0.3 is 0 Å². The topological polar surface area (TPSA) is 56.2 Å². The van der Waals surface area contributed by atoms with E-state index >= 15 is 0 Å². The zero-order valence-corrected chi connectivity index (χ0v) is 12.5. The first-order valence-electron chi connectivity index (χ1n) is 7.08. The molecule has 110 valence electrons. The molecule has 21 heavy (non-hydrogen) atoms. The molecule has 0 fully saturated rings. The smallest absolute Gasteiger partial charge is 0.254 e. The van der Waals surface area contributed by atoms with E-state index in [0.29, 0.717) is 12.2 Å². The van der Waals surface area contributed by atoms with E-state index in [9.17, 15) is 4.79 Å². The highest BCUT2D eigenvalue weighted by atomic mass is 16.5. The molecule has 1 amide bonds. The van der Waals surface area contributed by atoms with Gasteiger partial charge in [0.1, 0.15) is 5.75 Å². The summed E-state index contributed by atoms with van der Waals surface area (Å²) in [5, 5.41) is 7.12. The van der Waals surface area contributed by atoms with Gasteiger partial charge < -0.3 is 10.1 Å². The molecule has 0 saturated carbocycles. The van der Waals surface area contributed by atoms with Crippen molar-refractivity contribution in [3.8, 4) is 5.75 Å². The average Bonchev–Trinajstić information content (AvgIpc) is 2.86. The molecule has 5 heteroatoms. The molecule has 1 atom stereocenters. The average molecular weight is 285 g/mol. The maximum Gasteiger partial charge on any atom is 0.254 e. The first-order valence-corrected chi connectivity index (χ1v) is 7.08. The summed E-state index contributed by atoms with van der Waals surface area (Å²) in [5.74, 6) is 0.809. The third kappa shape index (κ3) is 2.63. The number of amides is 1. The Morgan fingerprint density at radius 3 is 2.95 bits per heavy atom. The van der Waals surface area contributed by atoms with Crippen LogP contribution in [0.5, 0.6) is 5.75 Å². The molecule has 1 unspecified atom stereocenters. The number of fused-ring (bicyclic) bond motifs is 1. The van der Waals surface area contributed by atoms with Crippen LogP contribution in [-0.4, -0.2) is 22.3 Å². The lowest BCUT2D eigenvalue weighted by Crippen LogP contribution is -2.32. The van der Waals surface area contributed by atoms with Crippen LogP contribution in [0.1, 0.15) is 39.5 Å². The molecule has 1 aliphatic rings. The van der Waals surface area contributed by atoms with E-state index in [2.05, 4.69) is 29.5 Å². The number of hydrogen-bond acceptors (Lipinski definition) is 3. The van der Waals surface area contributed by atoms with Crippen LogP contribution in [0.25, 0.3) is 0 Å². The Morgan fingerprint density at radius 2 is 2.24 bits per heavy atom. The third-order valence-electron chi connectivity index (χ3n) is 3.75. The van der Waals surface area contributed by atoms with Crippen molar-refractivity contribution in [2.75, 3.05) is 6.61 Å². The minimum Gasteiger partial charge on any atom is -0.493 e. The third-order valence-corrected chi connectivity index (χ3v) is 3.75. The number of nitrogens with one attached hydrogen (secondary N) is 1. The van der Waals surface area contributed by atoms with Crippen LogP contribution >= 0.6 is 0 Å². The Labute approximate surface area is 123 Å². The van der Waals surface area contributed by atoms with Crippen LogP contribution in [0, 0.1) is 13.8 Å². The number of carbonyl (C=O) groups excluding carboxylic acids is 1. The maximum atomic E-state index is 12.3. The highest BCUT2D eigenvalue weighted by Crippen LogP contribution is 2.35.